The molecule has 0 heterocycles. The molecule has 5 heteroatoms. The maximum atomic E-state index is 13.0. The van der Waals surface area contributed by atoms with Gasteiger partial charge >= 0.3 is 6.18 Å². The second kappa shape index (κ2) is 7.32. The lowest BCUT2D eigenvalue weighted by Gasteiger charge is -2.11. The van der Waals surface area contributed by atoms with Gasteiger partial charge in [-0.3, -0.25) is 0 Å². The van der Waals surface area contributed by atoms with Gasteiger partial charge in [-0.2, -0.15) is 18.4 Å². The number of hydrogen-bond acceptors (Lipinski definition) is 2. The van der Waals surface area contributed by atoms with Crippen molar-refractivity contribution in [2.75, 3.05) is 0 Å². The van der Waals surface area contributed by atoms with E-state index < -0.39 is 11.7 Å². The van der Waals surface area contributed by atoms with Crippen molar-refractivity contribution in [2.45, 2.75) is 12.8 Å². The number of benzene rings is 3. The van der Waals surface area contributed by atoms with E-state index in [0.717, 1.165) is 17.7 Å². The summed E-state index contributed by atoms with van der Waals surface area (Å²) in [6.45, 7) is 0.405. The minimum atomic E-state index is -4.50. The first-order chi connectivity index (χ1) is 12.5. The molecule has 130 valence electrons. The molecule has 0 bridgehead atoms. The zero-order chi connectivity index (χ0) is 18.6. The molecule has 0 aliphatic heterocycles. The summed E-state index contributed by atoms with van der Waals surface area (Å²) in [5.41, 5.74) is 1.08. The number of rotatable bonds is 4. The Morgan fingerprint density at radius 3 is 2.15 bits per heavy atom. The molecular formula is C21H14F3NO. The highest BCUT2D eigenvalue weighted by Gasteiger charge is 2.31. The van der Waals surface area contributed by atoms with Gasteiger partial charge in [0.05, 0.1) is 17.2 Å². The minimum Gasteiger partial charge on any atom is -0.489 e. The molecule has 0 aliphatic rings. The molecule has 0 atom stereocenters. The zero-order valence-electron chi connectivity index (χ0n) is 13.6. The number of nitrogens with zero attached hydrogens (tertiary/aromatic N) is 1. The van der Waals surface area contributed by atoms with Gasteiger partial charge in [-0.15, -0.1) is 0 Å². The van der Waals surface area contributed by atoms with Gasteiger partial charge in [0.15, 0.2) is 0 Å². The largest absolute Gasteiger partial charge is 0.489 e. The summed E-state index contributed by atoms with van der Waals surface area (Å²) >= 11 is 0. The SMILES string of the molecule is N#Cc1cc(-c2ccc(OCc3ccccc3)cc2)cc(C(F)(F)F)c1. The van der Waals surface area contributed by atoms with Crippen molar-refractivity contribution >= 4 is 0 Å². The zero-order valence-corrected chi connectivity index (χ0v) is 13.6. The highest BCUT2D eigenvalue weighted by Crippen LogP contribution is 2.33. The van der Waals surface area contributed by atoms with Crippen LogP contribution in [0.3, 0.4) is 0 Å². The molecule has 3 aromatic carbocycles. The number of nitriles is 1. The molecule has 0 fully saturated rings. The average Bonchev–Trinajstić information content (AvgIpc) is 2.66. The van der Waals surface area contributed by atoms with Crippen molar-refractivity contribution in [1.29, 1.82) is 5.26 Å². The molecule has 0 aliphatic carbocycles. The van der Waals surface area contributed by atoms with E-state index in [4.69, 9.17) is 10.00 Å². The Bertz CT molecular complexity index is 926. The van der Waals surface area contributed by atoms with Crippen LogP contribution in [-0.4, -0.2) is 0 Å². The van der Waals surface area contributed by atoms with E-state index in [2.05, 4.69) is 0 Å². The fourth-order valence-electron chi connectivity index (χ4n) is 2.51. The summed E-state index contributed by atoms with van der Waals surface area (Å²) in [6, 6.07) is 21.5. The van der Waals surface area contributed by atoms with Crippen LogP contribution in [0.2, 0.25) is 0 Å². The van der Waals surface area contributed by atoms with Gasteiger partial charge in [-0.05, 0) is 47.0 Å². The van der Waals surface area contributed by atoms with Crippen LogP contribution in [0.15, 0.2) is 72.8 Å². The van der Waals surface area contributed by atoms with E-state index in [9.17, 15) is 13.2 Å². The number of ether oxygens (including phenoxy) is 1. The van der Waals surface area contributed by atoms with Crippen LogP contribution in [0.25, 0.3) is 11.1 Å². The minimum absolute atomic E-state index is 0.0285. The highest BCUT2D eigenvalue weighted by atomic mass is 19.4. The molecule has 2 nitrogen and oxygen atoms in total. The fourth-order valence-corrected chi connectivity index (χ4v) is 2.51. The topological polar surface area (TPSA) is 33.0 Å². The molecule has 0 spiro atoms. The van der Waals surface area contributed by atoms with E-state index in [1.807, 2.05) is 30.3 Å². The Hall–Kier alpha value is -3.26. The van der Waals surface area contributed by atoms with Crippen LogP contribution < -0.4 is 4.74 Å². The van der Waals surface area contributed by atoms with Crippen molar-refractivity contribution in [2.24, 2.45) is 0 Å². The average molecular weight is 353 g/mol. The predicted octanol–water partition coefficient (Wildman–Crippen LogP) is 5.82. The fraction of sp³-hybridized carbons (Fsp3) is 0.0952. The molecule has 3 rings (SSSR count). The van der Waals surface area contributed by atoms with Gasteiger partial charge < -0.3 is 4.74 Å². The maximum Gasteiger partial charge on any atom is 0.416 e. The first-order valence-corrected chi connectivity index (χ1v) is 7.85. The maximum absolute atomic E-state index is 13.0. The molecule has 0 unspecified atom stereocenters. The summed E-state index contributed by atoms with van der Waals surface area (Å²) in [6.07, 6.45) is -4.50. The van der Waals surface area contributed by atoms with E-state index in [-0.39, 0.29) is 5.56 Å². The Balaban J connectivity index is 1.81. The van der Waals surface area contributed by atoms with Gasteiger partial charge in [0, 0.05) is 0 Å². The van der Waals surface area contributed by atoms with E-state index >= 15 is 0 Å². The molecule has 0 saturated heterocycles. The van der Waals surface area contributed by atoms with Crippen LogP contribution in [0, 0.1) is 11.3 Å². The smallest absolute Gasteiger partial charge is 0.416 e. The van der Waals surface area contributed by atoms with Crippen molar-refractivity contribution in [3.05, 3.63) is 89.5 Å². The number of halogens is 3. The lowest BCUT2D eigenvalue weighted by atomic mass is 10.00. The number of hydrogen-bond donors (Lipinski definition) is 0. The van der Waals surface area contributed by atoms with Crippen molar-refractivity contribution in [3.8, 4) is 22.9 Å². The van der Waals surface area contributed by atoms with E-state index in [1.54, 1.807) is 30.3 Å². The Labute approximate surface area is 149 Å². The van der Waals surface area contributed by atoms with Crippen LogP contribution in [-0.2, 0) is 12.8 Å². The van der Waals surface area contributed by atoms with Gasteiger partial charge in [0.25, 0.3) is 0 Å². The molecule has 0 saturated carbocycles. The van der Waals surface area contributed by atoms with Crippen molar-refractivity contribution in [3.63, 3.8) is 0 Å². The summed E-state index contributed by atoms with van der Waals surface area (Å²) in [4.78, 5) is 0. The van der Waals surface area contributed by atoms with Crippen LogP contribution in [0.1, 0.15) is 16.7 Å². The molecule has 0 amide bonds. The van der Waals surface area contributed by atoms with Gasteiger partial charge in [-0.25, -0.2) is 0 Å². The third-order valence-corrected chi connectivity index (χ3v) is 3.83. The predicted molar refractivity (Wildman–Crippen MR) is 92.4 cm³/mol. The molecular weight excluding hydrogens is 339 g/mol. The standard InChI is InChI=1S/C21H14F3NO/c22-21(23,24)19-11-16(13-25)10-18(12-19)17-6-8-20(9-7-17)26-14-15-4-2-1-3-5-15/h1-12H,14H2. The van der Waals surface area contributed by atoms with Crippen LogP contribution in [0.5, 0.6) is 5.75 Å². The van der Waals surface area contributed by atoms with Crippen molar-refractivity contribution in [1.82, 2.24) is 0 Å². The van der Waals surface area contributed by atoms with E-state index in [0.29, 0.717) is 23.5 Å². The Morgan fingerprint density at radius 1 is 0.846 bits per heavy atom. The van der Waals surface area contributed by atoms with Crippen LogP contribution >= 0.6 is 0 Å². The third kappa shape index (κ3) is 4.22. The lowest BCUT2D eigenvalue weighted by molar-refractivity contribution is -0.137. The Morgan fingerprint density at radius 2 is 1.54 bits per heavy atom. The third-order valence-electron chi connectivity index (χ3n) is 3.83. The Kier molecular flexibility index (Phi) is 4.94. The summed E-state index contributed by atoms with van der Waals surface area (Å²) in [5, 5.41) is 8.98. The van der Waals surface area contributed by atoms with Crippen LogP contribution in [0.4, 0.5) is 13.2 Å². The van der Waals surface area contributed by atoms with Gasteiger partial charge in [-0.1, -0.05) is 42.5 Å². The lowest BCUT2D eigenvalue weighted by Crippen LogP contribution is -2.05. The summed E-state index contributed by atoms with van der Waals surface area (Å²) in [5.74, 6) is 0.616. The normalized spacial score (nSPS) is 11.0. The first kappa shape index (κ1) is 17.6. The van der Waals surface area contributed by atoms with Gasteiger partial charge in [0.1, 0.15) is 12.4 Å². The quantitative estimate of drug-likeness (QED) is 0.592. The molecule has 0 radical (unpaired) electrons. The molecule has 0 aromatic heterocycles. The summed E-state index contributed by atoms with van der Waals surface area (Å²) in [7, 11) is 0. The number of alkyl halides is 3. The van der Waals surface area contributed by atoms with E-state index in [1.165, 1.54) is 6.07 Å². The van der Waals surface area contributed by atoms with Gasteiger partial charge in [0.2, 0.25) is 0 Å². The first-order valence-electron chi connectivity index (χ1n) is 7.85. The second-order valence-corrected chi connectivity index (χ2v) is 5.71. The van der Waals surface area contributed by atoms with Crippen molar-refractivity contribution < 1.29 is 17.9 Å². The second-order valence-electron chi connectivity index (χ2n) is 5.71. The summed E-state index contributed by atoms with van der Waals surface area (Å²) < 4.78 is 44.7. The highest BCUT2D eigenvalue weighted by molar-refractivity contribution is 5.67. The monoisotopic (exact) mass is 353 g/mol. The molecule has 3 aromatic rings. The molecule has 26 heavy (non-hydrogen) atoms. The molecule has 0 N–H and O–H groups in total.